The summed E-state index contributed by atoms with van der Waals surface area (Å²) in [6.45, 7) is 2.32. The van der Waals surface area contributed by atoms with Crippen LogP contribution in [0.25, 0.3) is 10.2 Å². The molecule has 1 heterocycles. The van der Waals surface area contributed by atoms with Crippen LogP contribution in [0.2, 0.25) is 0 Å². The number of rotatable bonds is 7. The van der Waals surface area contributed by atoms with Crippen molar-refractivity contribution < 1.29 is 14.3 Å². The van der Waals surface area contributed by atoms with Crippen molar-refractivity contribution in [2.45, 2.75) is 6.92 Å². The molecule has 0 saturated carbocycles. The third kappa shape index (κ3) is 4.64. The number of esters is 1. The number of fused-ring (bicyclic) bond motifs is 1. The second kappa shape index (κ2) is 9.19. The van der Waals surface area contributed by atoms with Crippen molar-refractivity contribution in [2.75, 3.05) is 12.0 Å². The molecule has 6 nitrogen and oxygen atoms in total. The summed E-state index contributed by atoms with van der Waals surface area (Å²) in [5.41, 5.74) is 5.16. The lowest BCUT2D eigenvalue weighted by molar-refractivity contribution is 0.0728. The Labute approximate surface area is 177 Å². The van der Waals surface area contributed by atoms with Gasteiger partial charge in [0.25, 0.3) is 0 Å². The highest BCUT2D eigenvalue weighted by Gasteiger charge is 2.13. The summed E-state index contributed by atoms with van der Waals surface area (Å²) in [7, 11) is 0. The maximum absolute atomic E-state index is 12.3. The number of carbonyl (C=O) groups excluding carboxylic acids is 1. The first-order chi connectivity index (χ1) is 14.7. The summed E-state index contributed by atoms with van der Waals surface area (Å²) in [6.07, 6.45) is 1.66. The number of para-hydroxylation sites is 1. The third-order valence-electron chi connectivity index (χ3n) is 4.15. The number of ether oxygens (including phenoxy) is 2. The van der Waals surface area contributed by atoms with Crippen LogP contribution in [0.3, 0.4) is 0 Å². The maximum atomic E-state index is 12.3. The summed E-state index contributed by atoms with van der Waals surface area (Å²) >= 11 is 1.53. The number of thiazole rings is 1. The molecule has 0 aliphatic heterocycles. The van der Waals surface area contributed by atoms with Gasteiger partial charge in [0.2, 0.25) is 5.13 Å². The van der Waals surface area contributed by atoms with Crippen LogP contribution in [0.1, 0.15) is 22.8 Å². The van der Waals surface area contributed by atoms with Gasteiger partial charge in [-0.25, -0.2) is 9.78 Å². The predicted molar refractivity (Wildman–Crippen MR) is 120 cm³/mol. The molecule has 0 aliphatic carbocycles. The molecule has 1 aromatic heterocycles. The maximum Gasteiger partial charge on any atom is 0.343 e. The van der Waals surface area contributed by atoms with Crippen LogP contribution in [0, 0.1) is 0 Å². The fourth-order valence-corrected chi connectivity index (χ4v) is 3.59. The van der Waals surface area contributed by atoms with E-state index in [9.17, 15) is 4.79 Å². The molecule has 4 rings (SSSR count). The Balaban J connectivity index is 1.47. The third-order valence-corrected chi connectivity index (χ3v) is 5.09. The van der Waals surface area contributed by atoms with Gasteiger partial charge in [0.05, 0.1) is 28.6 Å². The van der Waals surface area contributed by atoms with Crippen LogP contribution in [0.5, 0.6) is 11.5 Å². The monoisotopic (exact) mass is 417 g/mol. The summed E-state index contributed by atoms with van der Waals surface area (Å²) in [6, 6.07) is 22.0. The Morgan fingerprint density at radius 2 is 1.87 bits per heavy atom. The van der Waals surface area contributed by atoms with Gasteiger partial charge in [0, 0.05) is 0 Å². The van der Waals surface area contributed by atoms with Crippen LogP contribution in [-0.2, 0) is 0 Å². The topological polar surface area (TPSA) is 72.8 Å². The summed E-state index contributed by atoms with van der Waals surface area (Å²) in [5.74, 6) is 0.406. The van der Waals surface area contributed by atoms with Gasteiger partial charge < -0.3 is 9.47 Å². The summed E-state index contributed by atoms with van der Waals surface area (Å²) in [4.78, 5) is 16.8. The first-order valence-electron chi connectivity index (χ1n) is 9.41. The van der Waals surface area contributed by atoms with Crippen molar-refractivity contribution in [3.63, 3.8) is 0 Å². The molecule has 4 aromatic rings. The number of hydrazone groups is 1. The van der Waals surface area contributed by atoms with Gasteiger partial charge in [-0.05, 0) is 55.0 Å². The fourth-order valence-electron chi connectivity index (χ4n) is 2.77. The molecule has 0 fully saturated rings. The molecule has 30 heavy (non-hydrogen) atoms. The quantitative estimate of drug-likeness (QED) is 0.190. The lowest BCUT2D eigenvalue weighted by Gasteiger charge is -2.11. The van der Waals surface area contributed by atoms with E-state index >= 15 is 0 Å². The number of aromatic nitrogens is 1. The smallest absolute Gasteiger partial charge is 0.343 e. The fraction of sp³-hybridized carbons (Fsp3) is 0.0870. The highest BCUT2D eigenvalue weighted by molar-refractivity contribution is 7.22. The molecule has 150 valence electrons. The van der Waals surface area contributed by atoms with Crippen molar-refractivity contribution in [2.24, 2.45) is 5.10 Å². The zero-order valence-corrected chi connectivity index (χ0v) is 17.1. The number of hydrogen-bond donors (Lipinski definition) is 1. The van der Waals surface area contributed by atoms with Gasteiger partial charge in [-0.1, -0.05) is 41.7 Å². The zero-order chi connectivity index (χ0) is 20.8. The molecule has 0 spiro atoms. The second-order valence-electron chi connectivity index (χ2n) is 6.25. The van der Waals surface area contributed by atoms with E-state index in [4.69, 9.17) is 9.47 Å². The average molecular weight is 417 g/mol. The van der Waals surface area contributed by atoms with E-state index in [0.717, 1.165) is 15.8 Å². The zero-order valence-electron chi connectivity index (χ0n) is 16.2. The van der Waals surface area contributed by atoms with Crippen molar-refractivity contribution in [3.8, 4) is 11.5 Å². The molecule has 7 heteroatoms. The van der Waals surface area contributed by atoms with E-state index in [1.165, 1.54) is 11.3 Å². The van der Waals surface area contributed by atoms with E-state index < -0.39 is 5.97 Å². The Morgan fingerprint density at radius 3 is 2.67 bits per heavy atom. The Hall–Kier alpha value is -3.71. The number of benzene rings is 3. The highest BCUT2D eigenvalue weighted by atomic mass is 32.1. The van der Waals surface area contributed by atoms with Gasteiger partial charge in [0.1, 0.15) is 0 Å². The number of nitrogens with one attached hydrogen (secondary N) is 1. The molecular weight excluding hydrogens is 398 g/mol. The standard InChI is InChI=1S/C23H19N3O3S/c1-2-28-20-14-16(12-13-19(20)29-22(27)17-8-4-3-5-9-17)15-24-26-23-25-18-10-6-7-11-21(18)30-23/h3-15H,2H2,1H3,(H,25,26)/b24-15-. The van der Waals surface area contributed by atoms with Gasteiger partial charge in [-0.2, -0.15) is 5.10 Å². The minimum Gasteiger partial charge on any atom is -0.490 e. The van der Waals surface area contributed by atoms with E-state index in [-0.39, 0.29) is 0 Å². The molecule has 0 aliphatic rings. The molecule has 0 unspecified atom stereocenters. The molecule has 0 bridgehead atoms. The van der Waals surface area contributed by atoms with Crippen molar-refractivity contribution in [3.05, 3.63) is 83.9 Å². The molecule has 0 saturated heterocycles. The van der Waals surface area contributed by atoms with Crippen LogP contribution >= 0.6 is 11.3 Å². The Bertz CT molecular complexity index is 1160. The van der Waals surface area contributed by atoms with Crippen molar-refractivity contribution >= 4 is 38.9 Å². The van der Waals surface area contributed by atoms with E-state index in [1.807, 2.05) is 37.3 Å². The largest absolute Gasteiger partial charge is 0.490 e. The van der Waals surface area contributed by atoms with Crippen LogP contribution in [-0.4, -0.2) is 23.8 Å². The molecule has 0 radical (unpaired) electrons. The van der Waals surface area contributed by atoms with Gasteiger partial charge in [0.15, 0.2) is 11.5 Å². The number of nitrogens with zero attached hydrogens (tertiary/aromatic N) is 2. The second-order valence-corrected chi connectivity index (χ2v) is 7.28. The van der Waals surface area contributed by atoms with Gasteiger partial charge in [-0.15, -0.1) is 0 Å². The minimum atomic E-state index is -0.435. The van der Waals surface area contributed by atoms with Crippen molar-refractivity contribution in [1.29, 1.82) is 0 Å². The lowest BCUT2D eigenvalue weighted by Crippen LogP contribution is -2.09. The number of hydrogen-bond acceptors (Lipinski definition) is 7. The van der Waals surface area contributed by atoms with Crippen LogP contribution in [0.15, 0.2) is 77.9 Å². The first-order valence-corrected chi connectivity index (χ1v) is 10.2. The van der Waals surface area contributed by atoms with Crippen LogP contribution in [0.4, 0.5) is 5.13 Å². The number of anilines is 1. The van der Waals surface area contributed by atoms with Gasteiger partial charge in [-0.3, -0.25) is 5.43 Å². The Kier molecular flexibility index (Phi) is 6.01. The summed E-state index contributed by atoms with van der Waals surface area (Å²) < 4.78 is 12.3. The molecule has 0 amide bonds. The van der Waals surface area contributed by atoms with E-state index in [0.29, 0.717) is 28.8 Å². The Morgan fingerprint density at radius 1 is 1.07 bits per heavy atom. The lowest BCUT2D eigenvalue weighted by atomic mass is 10.2. The molecule has 3 aromatic carbocycles. The number of carbonyl (C=O) groups is 1. The summed E-state index contributed by atoms with van der Waals surface area (Å²) in [5, 5.41) is 4.97. The molecule has 1 N–H and O–H groups in total. The highest BCUT2D eigenvalue weighted by Crippen LogP contribution is 2.29. The predicted octanol–water partition coefficient (Wildman–Crippen LogP) is 5.36. The average Bonchev–Trinajstić information content (AvgIpc) is 3.19. The first kappa shape index (κ1) is 19.6. The van der Waals surface area contributed by atoms with Gasteiger partial charge >= 0.3 is 5.97 Å². The SMILES string of the molecule is CCOc1cc(/C=N\Nc2nc3ccccc3s2)ccc1OC(=O)c1ccccc1. The van der Waals surface area contributed by atoms with E-state index in [2.05, 4.69) is 15.5 Å². The van der Waals surface area contributed by atoms with Crippen LogP contribution < -0.4 is 14.9 Å². The minimum absolute atomic E-state index is 0.363. The normalized spacial score (nSPS) is 11.0. The van der Waals surface area contributed by atoms with Crippen molar-refractivity contribution in [1.82, 2.24) is 4.98 Å². The van der Waals surface area contributed by atoms with E-state index in [1.54, 1.807) is 48.7 Å². The molecular formula is C23H19N3O3S. The molecule has 0 atom stereocenters.